The molecular formula is C14H15IN2O2. The van der Waals surface area contributed by atoms with Gasteiger partial charge in [0.25, 0.3) is 0 Å². The number of hydrogen-bond acceptors (Lipinski definition) is 3. The molecule has 2 rings (SSSR count). The van der Waals surface area contributed by atoms with Crippen molar-refractivity contribution in [2.24, 2.45) is 0 Å². The molecule has 0 N–H and O–H groups in total. The number of esters is 1. The zero-order valence-electron chi connectivity index (χ0n) is 10.9. The van der Waals surface area contributed by atoms with Crippen molar-refractivity contribution in [2.45, 2.75) is 20.4 Å². The lowest BCUT2D eigenvalue weighted by Gasteiger charge is -2.01. The molecule has 0 fully saturated rings. The van der Waals surface area contributed by atoms with Crippen molar-refractivity contribution in [3.8, 4) is 0 Å². The van der Waals surface area contributed by atoms with E-state index in [2.05, 4.69) is 52.0 Å². The summed E-state index contributed by atoms with van der Waals surface area (Å²) in [4.78, 5) is 11.7. The summed E-state index contributed by atoms with van der Waals surface area (Å²) < 4.78 is 7.96. The largest absolute Gasteiger partial charge is 0.462 e. The number of ether oxygens (including phenoxy) is 1. The van der Waals surface area contributed by atoms with Crippen LogP contribution in [0.3, 0.4) is 0 Å². The Morgan fingerprint density at radius 2 is 2.05 bits per heavy atom. The zero-order valence-corrected chi connectivity index (χ0v) is 13.0. The van der Waals surface area contributed by atoms with Crippen molar-refractivity contribution in [1.29, 1.82) is 0 Å². The molecule has 1 heterocycles. The Balaban J connectivity index is 2.16. The SMILES string of the molecule is CCOC(=O)c1cn(Cc2ccc(I)cc2)nc1C. The van der Waals surface area contributed by atoms with E-state index in [1.54, 1.807) is 17.8 Å². The van der Waals surface area contributed by atoms with Gasteiger partial charge in [-0.25, -0.2) is 4.79 Å². The summed E-state index contributed by atoms with van der Waals surface area (Å²) in [6.45, 7) is 4.64. The topological polar surface area (TPSA) is 44.1 Å². The summed E-state index contributed by atoms with van der Waals surface area (Å²) in [6.07, 6.45) is 1.74. The van der Waals surface area contributed by atoms with Crippen LogP contribution < -0.4 is 0 Å². The fraction of sp³-hybridized carbons (Fsp3) is 0.286. The molecule has 0 bridgehead atoms. The number of rotatable bonds is 4. The van der Waals surface area contributed by atoms with Gasteiger partial charge in [-0.2, -0.15) is 5.10 Å². The van der Waals surface area contributed by atoms with Gasteiger partial charge in [-0.15, -0.1) is 0 Å². The first-order chi connectivity index (χ1) is 9.10. The fourth-order valence-corrected chi connectivity index (χ4v) is 2.14. The van der Waals surface area contributed by atoms with E-state index >= 15 is 0 Å². The van der Waals surface area contributed by atoms with Crippen LogP contribution in [0, 0.1) is 10.5 Å². The highest BCUT2D eigenvalue weighted by molar-refractivity contribution is 14.1. The molecule has 0 unspecified atom stereocenters. The van der Waals surface area contributed by atoms with Crippen molar-refractivity contribution in [3.63, 3.8) is 0 Å². The first-order valence-corrected chi connectivity index (χ1v) is 7.13. The summed E-state index contributed by atoms with van der Waals surface area (Å²) in [5.74, 6) is -0.311. The van der Waals surface area contributed by atoms with Gasteiger partial charge in [-0.1, -0.05) is 12.1 Å². The van der Waals surface area contributed by atoms with Gasteiger partial charge in [0.2, 0.25) is 0 Å². The molecular weight excluding hydrogens is 355 g/mol. The van der Waals surface area contributed by atoms with E-state index in [0.717, 1.165) is 5.56 Å². The van der Waals surface area contributed by atoms with Crippen LogP contribution in [0.25, 0.3) is 0 Å². The van der Waals surface area contributed by atoms with E-state index in [1.807, 2.05) is 6.92 Å². The van der Waals surface area contributed by atoms with E-state index in [4.69, 9.17) is 4.74 Å². The first-order valence-electron chi connectivity index (χ1n) is 6.05. The van der Waals surface area contributed by atoms with Crippen LogP contribution in [-0.4, -0.2) is 22.4 Å². The highest BCUT2D eigenvalue weighted by Gasteiger charge is 2.14. The number of aryl methyl sites for hydroxylation is 1. The van der Waals surface area contributed by atoms with Crippen LogP contribution in [0.15, 0.2) is 30.5 Å². The average molecular weight is 370 g/mol. The second kappa shape index (κ2) is 6.18. The maximum atomic E-state index is 11.7. The molecule has 5 heteroatoms. The third-order valence-corrected chi connectivity index (χ3v) is 3.42. The third-order valence-electron chi connectivity index (χ3n) is 2.70. The monoisotopic (exact) mass is 370 g/mol. The van der Waals surface area contributed by atoms with Crippen molar-refractivity contribution in [1.82, 2.24) is 9.78 Å². The van der Waals surface area contributed by atoms with Crippen LogP contribution in [0.1, 0.15) is 28.5 Å². The molecule has 1 aromatic heterocycles. The van der Waals surface area contributed by atoms with Crippen LogP contribution in [-0.2, 0) is 11.3 Å². The Hall–Kier alpha value is -1.37. The summed E-state index contributed by atoms with van der Waals surface area (Å²) in [6, 6.07) is 8.22. The summed E-state index contributed by atoms with van der Waals surface area (Å²) in [5, 5.41) is 4.35. The first kappa shape index (κ1) is 14.0. The molecule has 0 amide bonds. The molecule has 0 saturated heterocycles. The molecule has 4 nitrogen and oxygen atoms in total. The van der Waals surface area contributed by atoms with Gasteiger partial charge >= 0.3 is 5.97 Å². The van der Waals surface area contributed by atoms with E-state index in [9.17, 15) is 4.79 Å². The zero-order chi connectivity index (χ0) is 13.8. The molecule has 0 atom stereocenters. The summed E-state index contributed by atoms with van der Waals surface area (Å²) in [5.41, 5.74) is 2.38. The van der Waals surface area contributed by atoms with Crippen molar-refractivity contribution in [3.05, 3.63) is 50.9 Å². The Morgan fingerprint density at radius 1 is 1.37 bits per heavy atom. The van der Waals surface area contributed by atoms with E-state index in [0.29, 0.717) is 24.4 Å². The maximum absolute atomic E-state index is 11.7. The lowest BCUT2D eigenvalue weighted by Crippen LogP contribution is -2.05. The van der Waals surface area contributed by atoms with Gasteiger partial charge < -0.3 is 4.74 Å². The highest BCUT2D eigenvalue weighted by Crippen LogP contribution is 2.11. The molecule has 0 aliphatic rings. The van der Waals surface area contributed by atoms with Gasteiger partial charge in [0.15, 0.2) is 0 Å². The van der Waals surface area contributed by atoms with Crippen LogP contribution in [0.4, 0.5) is 0 Å². The second-order valence-corrected chi connectivity index (χ2v) is 5.42. The summed E-state index contributed by atoms with van der Waals surface area (Å²) in [7, 11) is 0. The van der Waals surface area contributed by atoms with Gasteiger partial charge in [0.05, 0.1) is 18.8 Å². The molecule has 0 radical (unpaired) electrons. The van der Waals surface area contributed by atoms with Gasteiger partial charge in [0, 0.05) is 9.77 Å². The number of halogens is 1. The van der Waals surface area contributed by atoms with Crippen LogP contribution in [0.2, 0.25) is 0 Å². The third kappa shape index (κ3) is 3.56. The van der Waals surface area contributed by atoms with Crippen molar-refractivity contribution < 1.29 is 9.53 Å². The predicted molar refractivity (Wildman–Crippen MR) is 81.2 cm³/mol. The predicted octanol–water partition coefficient (Wildman–Crippen LogP) is 3.02. The molecule has 19 heavy (non-hydrogen) atoms. The molecule has 100 valence electrons. The standard InChI is InChI=1S/C14H15IN2O2/c1-3-19-14(18)13-9-17(16-10(13)2)8-11-4-6-12(15)7-5-11/h4-7,9H,3,8H2,1-2H3. The Bertz CT molecular complexity index is 576. The van der Waals surface area contributed by atoms with Crippen molar-refractivity contribution in [2.75, 3.05) is 6.61 Å². The smallest absolute Gasteiger partial charge is 0.341 e. The van der Waals surface area contributed by atoms with E-state index in [-0.39, 0.29) is 5.97 Å². The van der Waals surface area contributed by atoms with E-state index in [1.165, 1.54) is 3.57 Å². The molecule has 0 spiro atoms. The lowest BCUT2D eigenvalue weighted by atomic mass is 10.2. The number of benzene rings is 1. The van der Waals surface area contributed by atoms with E-state index < -0.39 is 0 Å². The number of carbonyl (C=O) groups excluding carboxylic acids is 1. The molecule has 0 aliphatic carbocycles. The fourth-order valence-electron chi connectivity index (χ4n) is 1.78. The normalized spacial score (nSPS) is 10.5. The number of carbonyl (C=O) groups is 1. The van der Waals surface area contributed by atoms with Crippen LogP contribution >= 0.6 is 22.6 Å². The number of hydrogen-bond donors (Lipinski definition) is 0. The van der Waals surface area contributed by atoms with Gasteiger partial charge in [-0.05, 0) is 54.1 Å². The minimum absolute atomic E-state index is 0.311. The number of nitrogens with zero attached hydrogens (tertiary/aromatic N) is 2. The number of aromatic nitrogens is 2. The second-order valence-electron chi connectivity index (χ2n) is 4.17. The average Bonchev–Trinajstić information content (AvgIpc) is 2.74. The lowest BCUT2D eigenvalue weighted by molar-refractivity contribution is 0.0525. The van der Waals surface area contributed by atoms with Gasteiger partial charge in [-0.3, -0.25) is 4.68 Å². The van der Waals surface area contributed by atoms with Crippen molar-refractivity contribution >= 4 is 28.6 Å². The molecule has 0 aliphatic heterocycles. The summed E-state index contributed by atoms with van der Waals surface area (Å²) >= 11 is 2.27. The molecule has 2 aromatic rings. The minimum Gasteiger partial charge on any atom is -0.462 e. The minimum atomic E-state index is -0.311. The Labute approximate surface area is 125 Å². The Kier molecular flexibility index (Phi) is 4.57. The Morgan fingerprint density at radius 3 is 2.68 bits per heavy atom. The molecule has 1 aromatic carbocycles. The van der Waals surface area contributed by atoms with Gasteiger partial charge in [0.1, 0.15) is 5.56 Å². The quantitative estimate of drug-likeness (QED) is 0.614. The maximum Gasteiger partial charge on any atom is 0.341 e. The van der Waals surface area contributed by atoms with Crippen LogP contribution in [0.5, 0.6) is 0 Å². The highest BCUT2D eigenvalue weighted by atomic mass is 127. The molecule has 0 saturated carbocycles.